The molecule has 0 radical (unpaired) electrons. The molecule has 0 amide bonds. The summed E-state index contributed by atoms with van der Waals surface area (Å²) in [6.07, 6.45) is 8.25. The molecule has 0 aromatic heterocycles. The van der Waals surface area contributed by atoms with Crippen molar-refractivity contribution in [3.8, 4) is 0 Å². The van der Waals surface area contributed by atoms with E-state index in [1.807, 2.05) is 27.7 Å². The lowest BCUT2D eigenvalue weighted by atomic mass is 9.89. The minimum absolute atomic E-state index is 0.0224. The van der Waals surface area contributed by atoms with E-state index < -0.39 is 19.5 Å². The smallest absolute Gasteiger partial charge is 0.296 e. The highest BCUT2D eigenvalue weighted by atomic mass is 31.1. The molecule has 0 heterocycles. The van der Waals surface area contributed by atoms with Crippen molar-refractivity contribution < 1.29 is 23.2 Å². The zero-order valence-corrected chi connectivity index (χ0v) is 19.9. The van der Waals surface area contributed by atoms with Gasteiger partial charge >= 0.3 is 8.25 Å². The molecule has 0 saturated heterocycles. The molecule has 0 atom stereocenters. The predicted molar refractivity (Wildman–Crippen MR) is 115 cm³/mol. The quantitative estimate of drug-likeness (QED) is 0.176. The van der Waals surface area contributed by atoms with Crippen molar-refractivity contribution in [2.75, 3.05) is 0 Å². The van der Waals surface area contributed by atoms with Gasteiger partial charge in [0.05, 0.1) is 0 Å². The fourth-order valence-electron chi connectivity index (χ4n) is 3.48. The molecule has 0 aromatic rings. The van der Waals surface area contributed by atoms with Crippen LogP contribution in [0.1, 0.15) is 119 Å². The van der Waals surface area contributed by atoms with Crippen LogP contribution in [0.2, 0.25) is 0 Å². The van der Waals surface area contributed by atoms with Crippen molar-refractivity contribution in [2.45, 2.75) is 130 Å². The summed E-state index contributed by atoms with van der Waals surface area (Å²) in [5.41, 5.74) is -2.20. The summed E-state index contributed by atoms with van der Waals surface area (Å²) in [6.45, 7) is 11.6. The van der Waals surface area contributed by atoms with Gasteiger partial charge in [-0.2, -0.15) is 0 Å². The molecular weight excluding hydrogens is 375 g/mol. The van der Waals surface area contributed by atoms with Gasteiger partial charge < -0.3 is 0 Å². The second-order valence-corrected chi connectivity index (χ2v) is 8.38. The lowest BCUT2D eigenvalue weighted by Gasteiger charge is -2.26. The largest absolute Gasteiger partial charge is 0.699 e. The molecule has 164 valence electrons. The highest BCUT2D eigenvalue weighted by Crippen LogP contribution is 2.43. The second kappa shape index (κ2) is 14.4. The van der Waals surface area contributed by atoms with Gasteiger partial charge in [0.2, 0.25) is 0 Å². The SMILES string of the molecule is CCCCCC(=O)C(CC)(CC)O[P+](=O)OC(CC)(CC)C(=O)CCCCC. The average molecular weight is 418 g/mol. The van der Waals surface area contributed by atoms with Crippen LogP contribution in [-0.2, 0) is 23.2 Å². The van der Waals surface area contributed by atoms with E-state index in [-0.39, 0.29) is 11.6 Å². The van der Waals surface area contributed by atoms with Gasteiger partial charge in [0.1, 0.15) is 0 Å². The highest BCUT2D eigenvalue weighted by molar-refractivity contribution is 7.33. The van der Waals surface area contributed by atoms with E-state index in [1.165, 1.54) is 0 Å². The van der Waals surface area contributed by atoms with E-state index >= 15 is 0 Å². The first kappa shape index (κ1) is 27.4. The number of carbonyl (C=O) groups is 2. The molecule has 0 fully saturated rings. The van der Waals surface area contributed by atoms with Gasteiger partial charge in [0.25, 0.3) is 0 Å². The number of rotatable bonds is 18. The maximum absolute atomic E-state index is 12.8. The minimum Gasteiger partial charge on any atom is -0.296 e. The van der Waals surface area contributed by atoms with Gasteiger partial charge in [-0.15, -0.1) is 9.05 Å². The third kappa shape index (κ3) is 8.00. The van der Waals surface area contributed by atoms with Crippen molar-refractivity contribution in [1.82, 2.24) is 0 Å². The van der Waals surface area contributed by atoms with Crippen LogP contribution in [0.3, 0.4) is 0 Å². The van der Waals surface area contributed by atoms with Crippen molar-refractivity contribution in [3.63, 3.8) is 0 Å². The van der Waals surface area contributed by atoms with E-state index in [0.717, 1.165) is 38.5 Å². The number of Topliss-reactive ketones (excluding diaryl/α,β-unsaturated/α-hetero) is 2. The van der Waals surface area contributed by atoms with Crippen LogP contribution < -0.4 is 0 Å². The van der Waals surface area contributed by atoms with Gasteiger partial charge in [-0.25, -0.2) is 0 Å². The molecule has 28 heavy (non-hydrogen) atoms. The number of hydrogen-bond donors (Lipinski definition) is 0. The van der Waals surface area contributed by atoms with E-state index in [1.54, 1.807) is 0 Å². The molecule has 0 bridgehead atoms. The Hall–Kier alpha value is -0.640. The van der Waals surface area contributed by atoms with Gasteiger partial charge in [-0.3, -0.25) is 9.59 Å². The molecule has 0 aliphatic rings. The molecule has 0 N–H and O–H groups in total. The minimum atomic E-state index is -2.57. The maximum atomic E-state index is 12.8. The Morgan fingerprint density at radius 3 is 1.21 bits per heavy atom. The Morgan fingerprint density at radius 1 is 0.643 bits per heavy atom. The first-order chi connectivity index (χ1) is 13.3. The second-order valence-electron chi connectivity index (χ2n) is 7.57. The van der Waals surface area contributed by atoms with Gasteiger partial charge in [-0.1, -0.05) is 67.2 Å². The molecule has 0 aliphatic carbocycles. The molecule has 5 nitrogen and oxygen atoms in total. The molecule has 0 aliphatic heterocycles. The molecular formula is C22H42O5P+. The maximum Gasteiger partial charge on any atom is 0.699 e. The van der Waals surface area contributed by atoms with Crippen LogP contribution in [0.5, 0.6) is 0 Å². The van der Waals surface area contributed by atoms with Crippen molar-refractivity contribution in [1.29, 1.82) is 0 Å². The number of ketones is 2. The molecule has 0 aromatic carbocycles. The third-order valence-corrected chi connectivity index (χ3v) is 6.81. The molecule has 0 unspecified atom stereocenters. The fourth-order valence-corrected chi connectivity index (χ4v) is 4.81. The number of hydrogen-bond acceptors (Lipinski definition) is 5. The summed E-state index contributed by atoms with van der Waals surface area (Å²) in [5, 5.41) is 0. The van der Waals surface area contributed by atoms with Crippen LogP contribution in [0, 0.1) is 0 Å². The normalized spacial score (nSPS) is 12.2. The molecule has 0 saturated carbocycles. The monoisotopic (exact) mass is 417 g/mol. The van der Waals surface area contributed by atoms with Gasteiger partial charge in [0, 0.05) is 17.4 Å². The summed E-state index contributed by atoms with van der Waals surface area (Å²) < 4.78 is 24.3. The predicted octanol–water partition coefficient (Wildman–Crippen LogP) is 7.09. The lowest BCUT2D eigenvalue weighted by molar-refractivity contribution is -0.139. The Labute approximate surface area is 173 Å². The average Bonchev–Trinajstić information content (AvgIpc) is 2.70. The molecule has 6 heteroatoms. The Morgan fingerprint density at radius 2 is 0.964 bits per heavy atom. The highest BCUT2D eigenvalue weighted by Gasteiger charge is 2.50. The Balaban J connectivity index is 5.22. The molecule has 0 rings (SSSR count). The number of carbonyl (C=O) groups excluding carboxylic acids is 2. The van der Waals surface area contributed by atoms with Crippen molar-refractivity contribution in [2.24, 2.45) is 0 Å². The van der Waals surface area contributed by atoms with Crippen LogP contribution in [0.4, 0.5) is 0 Å². The van der Waals surface area contributed by atoms with Crippen molar-refractivity contribution in [3.05, 3.63) is 0 Å². The van der Waals surface area contributed by atoms with E-state index in [4.69, 9.17) is 9.05 Å². The first-order valence-corrected chi connectivity index (χ1v) is 12.3. The Kier molecular flexibility index (Phi) is 14.0. The van der Waals surface area contributed by atoms with Crippen LogP contribution in [-0.4, -0.2) is 22.8 Å². The Bertz CT molecular complexity index is 439. The van der Waals surface area contributed by atoms with Crippen molar-refractivity contribution >= 4 is 19.8 Å². The third-order valence-electron chi connectivity index (χ3n) is 5.81. The van der Waals surface area contributed by atoms with E-state index in [0.29, 0.717) is 38.5 Å². The number of unbranched alkanes of at least 4 members (excludes halogenated alkanes) is 4. The van der Waals surface area contributed by atoms with Gasteiger partial charge in [-0.05, 0) is 38.5 Å². The molecule has 0 spiro atoms. The summed E-state index contributed by atoms with van der Waals surface area (Å²) in [4.78, 5) is 25.5. The summed E-state index contributed by atoms with van der Waals surface area (Å²) in [5.74, 6) is -0.0449. The standard InChI is InChI=1S/C22H42O5P/c1-7-13-15-17-19(23)21(9-3,10-4)26-28(25)27-22(11-5,12-6)20(24)18-16-14-8-2/h7-18H2,1-6H3/q+1. The summed E-state index contributed by atoms with van der Waals surface area (Å²) >= 11 is 0. The van der Waals surface area contributed by atoms with Crippen LogP contribution in [0.15, 0.2) is 0 Å². The zero-order chi connectivity index (χ0) is 21.6. The summed E-state index contributed by atoms with van der Waals surface area (Å²) in [7, 11) is -2.57. The fraction of sp³-hybridized carbons (Fsp3) is 0.909. The van der Waals surface area contributed by atoms with Gasteiger partial charge in [0.15, 0.2) is 22.8 Å². The topological polar surface area (TPSA) is 69.7 Å². The first-order valence-electron chi connectivity index (χ1n) is 11.2. The lowest BCUT2D eigenvalue weighted by Crippen LogP contribution is -2.41. The van der Waals surface area contributed by atoms with E-state index in [9.17, 15) is 14.2 Å². The van der Waals surface area contributed by atoms with Crippen LogP contribution >= 0.6 is 8.25 Å². The summed E-state index contributed by atoms with van der Waals surface area (Å²) in [6, 6.07) is 0. The van der Waals surface area contributed by atoms with E-state index in [2.05, 4.69) is 13.8 Å². The van der Waals surface area contributed by atoms with Crippen LogP contribution in [0.25, 0.3) is 0 Å². The zero-order valence-electron chi connectivity index (χ0n) is 19.0.